The van der Waals surface area contributed by atoms with Gasteiger partial charge in [-0.2, -0.15) is 0 Å². The zero-order chi connectivity index (χ0) is 13.0. The van der Waals surface area contributed by atoms with E-state index in [9.17, 15) is 4.39 Å². The van der Waals surface area contributed by atoms with Crippen LogP contribution in [0.25, 0.3) is 0 Å². The second kappa shape index (κ2) is 5.64. The molecule has 0 saturated carbocycles. The molecule has 2 rings (SSSR count). The highest BCUT2D eigenvalue weighted by Gasteiger charge is 2.05. The number of aromatic nitrogens is 2. The Morgan fingerprint density at radius 2 is 2.22 bits per heavy atom. The van der Waals surface area contributed by atoms with E-state index in [0.29, 0.717) is 16.7 Å². The van der Waals surface area contributed by atoms with Gasteiger partial charge in [0.25, 0.3) is 0 Å². The van der Waals surface area contributed by atoms with E-state index in [1.807, 2.05) is 0 Å². The molecule has 4 nitrogen and oxygen atoms in total. The zero-order valence-corrected chi connectivity index (χ0v) is 10.4. The molecule has 0 spiro atoms. The molecule has 1 aromatic heterocycles. The lowest BCUT2D eigenvalue weighted by molar-refractivity contribution is 0.286. The molecule has 0 aliphatic rings. The number of hydrogen-bond donors (Lipinski definition) is 1. The average Bonchev–Trinajstić information content (AvgIpc) is 2.38. The topological polar surface area (TPSA) is 47.0 Å². The summed E-state index contributed by atoms with van der Waals surface area (Å²) in [6.07, 6.45) is 1.61. The van der Waals surface area contributed by atoms with Crippen LogP contribution in [0.5, 0.6) is 5.75 Å². The molecule has 1 N–H and O–H groups in total. The van der Waals surface area contributed by atoms with Gasteiger partial charge in [-0.15, -0.1) is 0 Å². The summed E-state index contributed by atoms with van der Waals surface area (Å²) in [6, 6.07) is 5.96. The van der Waals surface area contributed by atoms with Gasteiger partial charge in [-0.3, -0.25) is 0 Å². The highest BCUT2D eigenvalue weighted by Crippen LogP contribution is 2.21. The summed E-state index contributed by atoms with van der Waals surface area (Å²) in [7, 11) is 1.72. The number of hydrogen-bond acceptors (Lipinski definition) is 4. The Morgan fingerprint density at radius 3 is 2.94 bits per heavy atom. The van der Waals surface area contributed by atoms with Crippen LogP contribution >= 0.6 is 11.6 Å². The normalized spacial score (nSPS) is 10.2. The summed E-state index contributed by atoms with van der Waals surface area (Å²) in [5.41, 5.74) is 0.656. The van der Waals surface area contributed by atoms with Gasteiger partial charge in [-0.05, 0) is 24.3 Å². The summed E-state index contributed by atoms with van der Waals surface area (Å²) in [5, 5.41) is 3.15. The third-order valence-corrected chi connectivity index (χ3v) is 2.44. The zero-order valence-electron chi connectivity index (χ0n) is 9.65. The SMILES string of the molecule is CNc1nccc(COc2ccc(Cl)cc2F)n1. The molecule has 0 atom stereocenters. The first-order chi connectivity index (χ1) is 8.69. The molecule has 0 amide bonds. The molecular weight excluding hydrogens is 257 g/mol. The Labute approximate surface area is 109 Å². The second-order valence-corrected chi connectivity index (χ2v) is 3.92. The average molecular weight is 268 g/mol. The second-order valence-electron chi connectivity index (χ2n) is 3.49. The van der Waals surface area contributed by atoms with Crippen molar-refractivity contribution in [3.8, 4) is 5.75 Å². The Balaban J connectivity index is 2.06. The molecule has 0 unspecified atom stereocenters. The number of ether oxygens (including phenoxy) is 1. The molecular formula is C12H11ClFN3O. The van der Waals surface area contributed by atoms with Gasteiger partial charge in [0.15, 0.2) is 11.6 Å². The summed E-state index contributed by atoms with van der Waals surface area (Å²) in [6.45, 7) is 0.162. The van der Waals surface area contributed by atoms with Crippen molar-refractivity contribution in [3.63, 3.8) is 0 Å². The van der Waals surface area contributed by atoms with Gasteiger partial charge in [0.1, 0.15) is 6.61 Å². The molecule has 6 heteroatoms. The van der Waals surface area contributed by atoms with Gasteiger partial charge in [-0.1, -0.05) is 11.6 Å². The van der Waals surface area contributed by atoms with E-state index in [2.05, 4.69) is 15.3 Å². The molecule has 0 fully saturated rings. The maximum absolute atomic E-state index is 13.4. The fraction of sp³-hybridized carbons (Fsp3) is 0.167. The number of nitrogens with one attached hydrogen (secondary N) is 1. The van der Waals surface area contributed by atoms with E-state index in [1.54, 1.807) is 25.4 Å². The van der Waals surface area contributed by atoms with Gasteiger partial charge in [0, 0.05) is 18.3 Å². The Hall–Kier alpha value is -1.88. The van der Waals surface area contributed by atoms with Gasteiger partial charge in [0.2, 0.25) is 5.95 Å². The highest BCUT2D eigenvalue weighted by atomic mass is 35.5. The van der Waals surface area contributed by atoms with Crippen molar-refractivity contribution < 1.29 is 9.13 Å². The molecule has 0 aliphatic carbocycles. The molecule has 0 saturated heterocycles. The molecule has 0 bridgehead atoms. The van der Waals surface area contributed by atoms with Crippen molar-refractivity contribution in [2.75, 3.05) is 12.4 Å². The lowest BCUT2D eigenvalue weighted by Crippen LogP contribution is -2.03. The predicted octanol–water partition coefficient (Wildman–Crippen LogP) is 2.89. The summed E-state index contributed by atoms with van der Waals surface area (Å²) < 4.78 is 18.8. The van der Waals surface area contributed by atoms with Crippen molar-refractivity contribution in [2.24, 2.45) is 0 Å². The largest absolute Gasteiger partial charge is 0.484 e. The number of rotatable bonds is 4. The van der Waals surface area contributed by atoms with Crippen LogP contribution in [-0.2, 0) is 6.61 Å². The van der Waals surface area contributed by atoms with Crippen LogP contribution < -0.4 is 10.1 Å². The lowest BCUT2D eigenvalue weighted by atomic mass is 10.3. The summed E-state index contributed by atoms with van der Waals surface area (Å²) in [5.74, 6) is 0.141. The first-order valence-corrected chi connectivity index (χ1v) is 5.64. The monoisotopic (exact) mass is 267 g/mol. The molecule has 0 radical (unpaired) electrons. The van der Waals surface area contributed by atoms with Crippen molar-refractivity contribution in [2.45, 2.75) is 6.61 Å². The van der Waals surface area contributed by atoms with E-state index in [4.69, 9.17) is 16.3 Å². The lowest BCUT2D eigenvalue weighted by Gasteiger charge is -2.07. The number of anilines is 1. The Kier molecular flexibility index (Phi) is 3.94. The van der Waals surface area contributed by atoms with Crippen LogP contribution in [0, 0.1) is 5.82 Å². The standard InChI is InChI=1S/C12H11ClFN3O/c1-15-12-16-5-4-9(17-12)7-18-11-3-2-8(13)6-10(11)14/h2-6H,7H2,1H3,(H,15,16,17). The molecule has 2 aromatic rings. The fourth-order valence-electron chi connectivity index (χ4n) is 1.34. The number of benzene rings is 1. The van der Waals surface area contributed by atoms with E-state index >= 15 is 0 Å². The van der Waals surface area contributed by atoms with Crippen molar-refractivity contribution in [1.29, 1.82) is 0 Å². The van der Waals surface area contributed by atoms with Crippen molar-refractivity contribution in [1.82, 2.24) is 9.97 Å². The summed E-state index contributed by atoms with van der Waals surface area (Å²) in [4.78, 5) is 8.13. The van der Waals surface area contributed by atoms with Crippen molar-refractivity contribution >= 4 is 17.5 Å². The third-order valence-electron chi connectivity index (χ3n) is 2.21. The summed E-state index contributed by atoms with van der Waals surface area (Å²) >= 11 is 5.65. The maximum atomic E-state index is 13.4. The first kappa shape index (κ1) is 12.6. The maximum Gasteiger partial charge on any atom is 0.222 e. The molecule has 0 aliphatic heterocycles. The van der Waals surface area contributed by atoms with Crippen LogP contribution in [0.4, 0.5) is 10.3 Å². The van der Waals surface area contributed by atoms with E-state index in [1.165, 1.54) is 12.1 Å². The van der Waals surface area contributed by atoms with E-state index in [-0.39, 0.29) is 12.4 Å². The van der Waals surface area contributed by atoms with Gasteiger partial charge >= 0.3 is 0 Å². The third kappa shape index (κ3) is 3.07. The number of halogens is 2. The minimum absolute atomic E-state index is 0.143. The molecule has 94 valence electrons. The Morgan fingerprint density at radius 1 is 1.39 bits per heavy atom. The van der Waals surface area contributed by atoms with E-state index in [0.717, 1.165) is 0 Å². The first-order valence-electron chi connectivity index (χ1n) is 5.26. The highest BCUT2D eigenvalue weighted by molar-refractivity contribution is 6.30. The van der Waals surface area contributed by atoms with Crippen LogP contribution in [-0.4, -0.2) is 17.0 Å². The minimum atomic E-state index is -0.495. The smallest absolute Gasteiger partial charge is 0.222 e. The van der Waals surface area contributed by atoms with Gasteiger partial charge in [-0.25, -0.2) is 14.4 Å². The van der Waals surface area contributed by atoms with Gasteiger partial charge in [0.05, 0.1) is 5.69 Å². The van der Waals surface area contributed by atoms with Crippen LogP contribution in [0.2, 0.25) is 5.02 Å². The van der Waals surface area contributed by atoms with Crippen LogP contribution in [0.1, 0.15) is 5.69 Å². The van der Waals surface area contributed by atoms with Crippen molar-refractivity contribution in [3.05, 3.63) is 47.0 Å². The van der Waals surface area contributed by atoms with Crippen LogP contribution in [0.3, 0.4) is 0 Å². The predicted molar refractivity (Wildman–Crippen MR) is 67.3 cm³/mol. The Bertz CT molecular complexity index is 551. The quantitative estimate of drug-likeness (QED) is 0.925. The number of nitrogens with zero attached hydrogens (tertiary/aromatic N) is 2. The molecule has 18 heavy (non-hydrogen) atoms. The van der Waals surface area contributed by atoms with E-state index < -0.39 is 5.82 Å². The molecule has 1 aromatic carbocycles. The minimum Gasteiger partial charge on any atom is -0.484 e. The van der Waals surface area contributed by atoms with Crippen LogP contribution in [0.15, 0.2) is 30.5 Å². The van der Waals surface area contributed by atoms with Gasteiger partial charge < -0.3 is 10.1 Å². The fourth-order valence-corrected chi connectivity index (χ4v) is 1.50. The molecule has 1 heterocycles.